The molecule has 2 heterocycles. The molecule has 28 heavy (non-hydrogen) atoms. The average Bonchev–Trinajstić information content (AvgIpc) is 3.24. The predicted molar refractivity (Wildman–Crippen MR) is 101 cm³/mol. The van der Waals surface area contributed by atoms with Gasteiger partial charge in [0.25, 0.3) is 5.91 Å². The van der Waals surface area contributed by atoms with Gasteiger partial charge in [0.05, 0.1) is 12.3 Å². The highest BCUT2D eigenvalue weighted by molar-refractivity contribution is 5.94. The molecule has 1 aromatic heterocycles. The number of amides is 1. The summed E-state index contributed by atoms with van der Waals surface area (Å²) in [5.41, 5.74) is 2.68. The maximum absolute atomic E-state index is 13.4. The van der Waals surface area contributed by atoms with Crippen molar-refractivity contribution in [3.8, 4) is 0 Å². The molecule has 1 amide bonds. The van der Waals surface area contributed by atoms with E-state index < -0.39 is 17.5 Å². The summed E-state index contributed by atoms with van der Waals surface area (Å²) >= 11 is 0. The summed E-state index contributed by atoms with van der Waals surface area (Å²) in [6, 6.07) is 15.0. The molecular weight excluding hydrogens is 362 g/mol. The number of carbonyl (C=O) groups is 1. The zero-order valence-electron chi connectivity index (χ0n) is 15.2. The summed E-state index contributed by atoms with van der Waals surface area (Å²) in [4.78, 5) is 14.7. The second-order valence-electron chi connectivity index (χ2n) is 6.86. The van der Waals surface area contributed by atoms with Gasteiger partial charge in [-0.2, -0.15) is 0 Å². The van der Waals surface area contributed by atoms with E-state index >= 15 is 0 Å². The summed E-state index contributed by atoms with van der Waals surface area (Å²) in [6.45, 7) is 1.89. The molecule has 144 valence electrons. The van der Waals surface area contributed by atoms with E-state index in [1.807, 2.05) is 24.3 Å². The smallest absolute Gasteiger partial charge is 0.251 e. The topological polar surface area (TPSA) is 45.5 Å². The molecule has 1 aliphatic rings. The number of halogens is 2. The average molecular weight is 382 g/mol. The first-order chi connectivity index (χ1) is 13.6. The van der Waals surface area contributed by atoms with Crippen LogP contribution in [0.3, 0.4) is 0 Å². The van der Waals surface area contributed by atoms with Crippen molar-refractivity contribution < 1.29 is 18.0 Å². The van der Waals surface area contributed by atoms with Crippen LogP contribution < -0.4 is 5.32 Å². The maximum Gasteiger partial charge on any atom is 0.251 e. The highest BCUT2D eigenvalue weighted by Gasteiger charge is 2.27. The van der Waals surface area contributed by atoms with E-state index in [0.717, 1.165) is 37.4 Å². The first kappa shape index (κ1) is 18.4. The molecule has 1 N–H and O–H groups in total. The van der Waals surface area contributed by atoms with Crippen LogP contribution in [0.25, 0.3) is 0 Å². The highest BCUT2D eigenvalue weighted by Crippen LogP contribution is 2.28. The number of benzene rings is 2. The van der Waals surface area contributed by atoms with Crippen LogP contribution in [-0.2, 0) is 13.0 Å². The Hall–Kier alpha value is -2.99. The molecule has 0 saturated carbocycles. The number of rotatable bonds is 5. The number of nitrogens with one attached hydrogen (secondary N) is 1. The summed E-state index contributed by atoms with van der Waals surface area (Å²) in [6.07, 6.45) is 2.53. The Labute approximate surface area is 161 Å². The highest BCUT2D eigenvalue weighted by atomic mass is 19.2. The molecule has 6 heteroatoms. The van der Waals surface area contributed by atoms with Gasteiger partial charge in [0.2, 0.25) is 0 Å². The van der Waals surface area contributed by atoms with Crippen LogP contribution >= 0.6 is 0 Å². The largest absolute Gasteiger partial charge is 0.468 e. The lowest BCUT2D eigenvalue weighted by atomic mass is 9.98. The van der Waals surface area contributed by atoms with Gasteiger partial charge in [-0.15, -0.1) is 0 Å². The van der Waals surface area contributed by atoms with Gasteiger partial charge in [-0.1, -0.05) is 24.3 Å². The Bertz CT molecular complexity index is 972. The number of hydrogen-bond acceptors (Lipinski definition) is 3. The van der Waals surface area contributed by atoms with E-state index in [4.69, 9.17) is 4.42 Å². The Kier molecular flexibility index (Phi) is 5.21. The molecule has 4 nitrogen and oxygen atoms in total. The van der Waals surface area contributed by atoms with Crippen LogP contribution in [0.15, 0.2) is 65.3 Å². The molecule has 4 rings (SSSR count). The second kappa shape index (κ2) is 7.94. The van der Waals surface area contributed by atoms with Crippen LogP contribution in [0, 0.1) is 11.6 Å². The minimum atomic E-state index is -1.04. The molecule has 0 unspecified atom stereocenters. The molecule has 1 atom stereocenters. The standard InChI is InChI=1S/C22H20F2N2O2/c23-18-8-7-16(12-19(18)24)22(27)25-13-20(21-6-3-11-28-21)26-10-9-15-4-1-2-5-17(15)14-26/h1-8,11-12,20H,9-10,13-14H2,(H,25,27)/t20-/m1/s1. The van der Waals surface area contributed by atoms with E-state index in [1.165, 1.54) is 17.2 Å². The molecule has 0 fully saturated rings. The Morgan fingerprint density at radius 1 is 1.07 bits per heavy atom. The second-order valence-corrected chi connectivity index (χ2v) is 6.86. The fraction of sp³-hybridized carbons (Fsp3) is 0.227. The van der Waals surface area contributed by atoms with Gasteiger partial charge in [0.15, 0.2) is 11.6 Å². The van der Waals surface area contributed by atoms with Gasteiger partial charge >= 0.3 is 0 Å². The van der Waals surface area contributed by atoms with E-state index in [9.17, 15) is 13.6 Å². The van der Waals surface area contributed by atoms with E-state index in [0.29, 0.717) is 6.54 Å². The van der Waals surface area contributed by atoms with Gasteiger partial charge in [0.1, 0.15) is 5.76 Å². The van der Waals surface area contributed by atoms with Crippen molar-refractivity contribution in [1.82, 2.24) is 10.2 Å². The van der Waals surface area contributed by atoms with Crippen LogP contribution in [0.5, 0.6) is 0 Å². The third-order valence-corrected chi connectivity index (χ3v) is 5.11. The van der Waals surface area contributed by atoms with Gasteiger partial charge in [-0.05, 0) is 47.9 Å². The predicted octanol–water partition coefficient (Wildman–Crippen LogP) is 4.09. The third-order valence-electron chi connectivity index (χ3n) is 5.11. The van der Waals surface area contributed by atoms with Gasteiger partial charge in [0, 0.05) is 25.2 Å². The number of furan rings is 1. The van der Waals surface area contributed by atoms with E-state index in [-0.39, 0.29) is 11.6 Å². The molecule has 3 aromatic rings. The molecular formula is C22H20F2N2O2. The van der Waals surface area contributed by atoms with Crippen molar-refractivity contribution in [2.75, 3.05) is 13.1 Å². The van der Waals surface area contributed by atoms with Crippen molar-refractivity contribution in [3.05, 3.63) is 94.9 Å². The first-order valence-corrected chi connectivity index (χ1v) is 9.19. The molecule has 2 aromatic carbocycles. The Balaban J connectivity index is 1.50. The Morgan fingerprint density at radius 2 is 1.89 bits per heavy atom. The van der Waals surface area contributed by atoms with Crippen LogP contribution in [0.2, 0.25) is 0 Å². The summed E-state index contributed by atoms with van der Waals surface area (Å²) in [7, 11) is 0. The van der Waals surface area contributed by atoms with Gasteiger partial charge in [-0.25, -0.2) is 8.78 Å². The van der Waals surface area contributed by atoms with Crippen molar-refractivity contribution in [2.45, 2.75) is 19.0 Å². The van der Waals surface area contributed by atoms with Crippen LogP contribution in [-0.4, -0.2) is 23.9 Å². The lowest BCUT2D eigenvalue weighted by Crippen LogP contribution is -2.40. The Morgan fingerprint density at radius 3 is 2.64 bits per heavy atom. The van der Waals surface area contributed by atoms with E-state index in [1.54, 1.807) is 6.26 Å². The quantitative estimate of drug-likeness (QED) is 0.723. The maximum atomic E-state index is 13.4. The molecule has 0 aliphatic carbocycles. The molecule has 0 spiro atoms. The summed E-state index contributed by atoms with van der Waals surface area (Å²) in [5, 5.41) is 2.83. The van der Waals surface area contributed by atoms with Crippen molar-refractivity contribution in [3.63, 3.8) is 0 Å². The number of fused-ring (bicyclic) bond motifs is 1. The SMILES string of the molecule is O=C(NC[C@H](c1ccco1)N1CCc2ccccc2C1)c1ccc(F)c(F)c1. The summed E-state index contributed by atoms with van der Waals surface area (Å²) < 4.78 is 32.1. The van der Waals surface area contributed by atoms with Gasteiger partial charge in [-0.3, -0.25) is 9.69 Å². The summed E-state index contributed by atoms with van der Waals surface area (Å²) in [5.74, 6) is -1.71. The molecule has 0 radical (unpaired) electrons. The molecule has 1 aliphatic heterocycles. The fourth-order valence-electron chi connectivity index (χ4n) is 3.60. The number of carbonyl (C=O) groups excluding carboxylic acids is 1. The lowest BCUT2D eigenvalue weighted by Gasteiger charge is -2.34. The zero-order valence-corrected chi connectivity index (χ0v) is 15.2. The minimum absolute atomic E-state index is 0.0843. The zero-order chi connectivity index (χ0) is 19.5. The van der Waals surface area contributed by atoms with Crippen LogP contribution in [0.1, 0.15) is 33.3 Å². The monoisotopic (exact) mass is 382 g/mol. The first-order valence-electron chi connectivity index (χ1n) is 9.19. The lowest BCUT2D eigenvalue weighted by molar-refractivity contribution is 0.0918. The van der Waals surface area contributed by atoms with Crippen molar-refractivity contribution >= 4 is 5.91 Å². The van der Waals surface area contributed by atoms with Crippen molar-refractivity contribution in [1.29, 1.82) is 0 Å². The molecule has 0 saturated heterocycles. The molecule has 0 bridgehead atoms. The number of nitrogens with zero attached hydrogens (tertiary/aromatic N) is 1. The van der Waals surface area contributed by atoms with E-state index in [2.05, 4.69) is 22.3 Å². The number of hydrogen-bond donors (Lipinski definition) is 1. The third kappa shape index (κ3) is 3.82. The fourth-order valence-corrected chi connectivity index (χ4v) is 3.60. The van der Waals surface area contributed by atoms with Crippen molar-refractivity contribution in [2.24, 2.45) is 0 Å². The van der Waals surface area contributed by atoms with Crippen LogP contribution in [0.4, 0.5) is 8.78 Å². The minimum Gasteiger partial charge on any atom is -0.468 e. The normalized spacial score (nSPS) is 15.1. The van der Waals surface area contributed by atoms with Gasteiger partial charge < -0.3 is 9.73 Å².